The van der Waals surface area contributed by atoms with E-state index in [-0.39, 0.29) is 11.9 Å². The van der Waals surface area contributed by atoms with Crippen molar-refractivity contribution in [3.63, 3.8) is 0 Å². The summed E-state index contributed by atoms with van der Waals surface area (Å²) < 4.78 is 10.7. The lowest BCUT2D eigenvalue weighted by Crippen LogP contribution is -2.51. The number of methoxy groups -OCH3 is 2. The van der Waals surface area contributed by atoms with Gasteiger partial charge in [-0.15, -0.1) is 0 Å². The van der Waals surface area contributed by atoms with E-state index in [2.05, 4.69) is 5.32 Å². The summed E-state index contributed by atoms with van der Waals surface area (Å²) in [6, 6.07) is 5.67. The molecule has 1 saturated carbocycles. The zero-order valence-electron chi connectivity index (χ0n) is 15.9. The topological polar surface area (TPSA) is 73.6 Å². The molecule has 1 aromatic rings. The molecule has 3 N–H and O–H groups in total. The number of carbonyl (C=O) groups is 1. The van der Waals surface area contributed by atoms with Crippen molar-refractivity contribution in [2.24, 2.45) is 11.7 Å². The van der Waals surface area contributed by atoms with Crippen LogP contribution in [0, 0.1) is 5.92 Å². The summed E-state index contributed by atoms with van der Waals surface area (Å²) in [5.41, 5.74) is 6.18. The maximum absolute atomic E-state index is 13.0. The molecule has 5 heteroatoms. The van der Waals surface area contributed by atoms with E-state index < -0.39 is 5.41 Å². The molecule has 0 bridgehead atoms. The Morgan fingerprint density at radius 2 is 1.84 bits per heavy atom. The quantitative estimate of drug-likeness (QED) is 0.794. The second-order valence-electron chi connectivity index (χ2n) is 7.41. The zero-order chi connectivity index (χ0) is 18.4. The van der Waals surface area contributed by atoms with Gasteiger partial charge in [0.05, 0.1) is 19.6 Å². The number of benzene rings is 1. The first-order chi connectivity index (χ1) is 11.9. The number of nitrogens with one attached hydrogen (secondary N) is 1. The van der Waals surface area contributed by atoms with E-state index in [1.807, 2.05) is 32.0 Å². The number of carbonyl (C=O) groups excluding carboxylic acids is 1. The van der Waals surface area contributed by atoms with Crippen molar-refractivity contribution in [1.29, 1.82) is 0 Å². The second-order valence-corrected chi connectivity index (χ2v) is 7.41. The summed E-state index contributed by atoms with van der Waals surface area (Å²) in [5.74, 6) is 1.78. The van der Waals surface area contributed by atoms with Crippen molar-refractivity contribution in [1.82, 2.24) is 5.32 Å². The molecule has 5 nitrogen and oxygen atoms in total. The Balaban J connectivity index is 2.15. The largest absolute Gasteiger partial charge is 0.493 e. The highest BCUT2D eigenvalue weighted by Gasteiger charge is 2.34. The van der Waals surface area contributed by atoms with E-state index in [1.165, 1.54) is 19.3 Å². The van der Waals surface area contributed by atoms with Gasteiger partial charge in [0.15, 0.2) is 11.5 Å². The number of ether oxygens (including phenoxy) is 2. The van der Waals surface area contributed by atoms with Crippen LogP contribution >= 0.6 is 0 Å². The third-order valence-corrected chi connectivity index (χ3v) is 5.46. The van der Waals surface area contributed by atoms with Gasteiger partial charge in [0.2, 0.25) is 5.91 Å². The standard InChI is InChI=1S/C20H32N2O3/c1-20(2,15-10-11-17(24-3)18(12-15)25-4)19(23)22-16(13-21)14-8-6-5-7-9-14/h10-12,14,16H,5-9,13,21H2,1-4H3,(H,22,23). The van der Waals surface area contributed by atoms with Gasteiger partial charge in [-0.2, -0.15) is 0 Å². The van der Waals surface area contributed by atoms with Gasteiger partial charge in [-0.05, 0) is 50.3 Å². The number of rotatable bonds is 7. The fraction of sp³-hybridized carbons (Fsp3) is 0.650. The first-order valence-corrected chi connectivity index (χ1v) is 9.17. The Bertz CT molecular complexity index is 580. The Labute approximate surface area is 151 Å². The van der Waals surface area contributed by atoms with Gasteiger partial charge in [0.25, 0.3) is 0 Å². The van der Waals surface area contributed by atoms with Gasteiger partial charge in [-0.25, -0.2) is 0 Å². The molecular weight excluding hydrogens is 316 g/mol. The molecule has 1 aliphatic carbocycles. The van der Waals surface area contributed by atoms with Crippen LogP contribution in [-0.2, 0) is 10.2 Å². The fourth-order valence-electron chi connectivity index (χ4n) is 3.61. The minimum absolute atomic E-state index is 0.000688. The summed E-state index contributed by atoms with van der Waals surface area (Å²) in [6.45, 7) is 4.34. The van der Waals surface area contributed by atoms with Crippen molar-refractivity contribution in [3.8, 4) is 11.5 Å². The summed E-state index contributed by atoms with van der Waals surface area (Å²) in [4.78, 5) is 13.0. The van der Waals surface area contributed by atoms with Crippen LogP contribution in [0.1, 0.15) is 51.5 Å². The molecular formula is C20H32N2O3. The van der Waals surface area contributed by atoms with Gasteiger partial charge in [-0.3, -0.25) is 4.79 Å². The number of amides is 1. The van der Waals surface area contributed by atoms with Crippen LogP contribution in [0.4, 0.5) is 0 Å². The lowest BCUT2D eigenvalue weighted by molar-refractivity contribution is -0.126. The average molecular weight is 348 g/mol. The highest BCUT2D eigenvalue weighted by Crippen LogP contribution is 2.34. The van der Waals surface area contributed by atoms with Crippen LogP contribution < -0.4 is 20.5 Å². The van der Waals surface area contributed by atoms with Gasteiger partial charge < -0.3 is 20.5 Å². The molecule has 0 spiro atoms. The van der Waals surface area contributed by atoms with Crippen LogP contribution in [0.3, 0.4) is 0 Å². The lowest BCUT2D eigenvalue weighted by atomic mass is 9.81. The third-order valence-electron chi connectivity index (χ3n) is 5.46. The molecule has 0 heterocycles. The second kappa shape index (κ2) is 8.56. The van der Waals surface area contributed by atoms with Gasteiger partial charge in [0.1, 0.15) is 0 Å². The third kappa shape index (κ3) is 4.46. The predicted octanol–water partition coefficient (Wildman–Crippen LogP) is 3.01. The van der Waals surface area contributed by atoms with Crippen LogP contribution in [-0.4, -0.2) is 32.7 Å². The smallest absolute Gasteiger partial charge is 0.230 e. The molecule has 0 radical (unpaired) electrons. The van der Waals surface area contributed by atoms with E-state index in [9.17, 15) is 4.79 Å². The van der Waals surface area contributed by atoms with Crippen molar-refractivity contribution in [2.45, 2.75) is 57.4 Å². The van der Waals surface area contributed by atoms with E-state index in [4.69, 9.17) is 15.2 Å². The Hall–Kier alpha value is -1.75. The first kappa shape index (κ1) is 19.6. The van der Waals surface area contributed by atoms with Crippen LogP contribution in [0.15, 0.2) is 18.2 Å². The van der Waals surface area contributed by atoms with Crippen LogP contribution in [0.2, 0.25) is 0 Å². The molecule has 1 amide bonds. The fourth-order valence-corrected chi connectivity index (χ4v) is 3.61. The molecule has 1 fully saturated rings. The Kier molecular flexibility index (Phi) is 6.71. The lowest BCUT2D eigenvalue weighted by Gasteiger charge is -2.33. The van der Waals surface area contributed by atoms with Crippen LogP contribution in [0.25, 0.3) is 0 Å². The monoisotopic (exact) mass is 348 g/mol. The maximum Gasteiger partial charge on any atom is 0.230 e. The maximum atomic E-state index is 13.0. The normalized spacial score (nSPS) is 17.0. The molecule has 1 aromatic carbocycles. The number of hydrogen-bond acceptors (Lipinski definition) is 4. The predicted molar refractivity (Wildman–Crippen MR) is 100 cm³/mol. The van der Waals surface area contributed by atoms with Gasteiger partial charge >= 0.3 is 0 Å². The van der Waals surface area contributed by atoms with E-state index >= 15 is 0 Å². The van der Waals surface area contributed by atoms with E-state index in [1.54, 1.807) is 14.2 Å². The van der Waals surface area contributed by atoms with E-state index in [0.29, 0.717) is 24.0 Å². The van der Waals surface area contributed by atoms with Crippen molar-refractivity contribution in [3.05, 3.63) is 23.8 Å². The molecule has 1 atom stereocenters. The summed E-state index contributed by atoms with van der Waals surface area (Å²) in [7, 11) is 3.20. The summed E-state index contributed by atoms with van der Waals surface area (Å²) in [6.07, 6.45) is 6.06. The number of nitrogens with two attached hydrogens (primary N) is 1. The first-order valence-electron chi connectivity index (χ1n) is 9.17. The zero-order valence-corrected chi connectivity index (χ0v) is 15.9. The number of hydrogen-bond donors (Lipinski definition) is 2. The molecule has 0 aromatic heterocycles. The van der Waals surface area contributed by atoms with Crippen LogP contribution in [0.5, 0.6) is 11.5 Å². The molecule has 25 heavy (non-hydrogen) atoms. The molecule has 1 unspecified atom stereocenters. The van der Waals surface area contributed by atoms with Crippen molar-refractivity contribution < 1.29 is 14.3 Å². The Morgan fingerprint density at radius 1 is 1.20 bits per heavy atom. The van der Waals surface area contributed by atoms with Gasteiger partial charge in [-0.1, -0.05) is 25.3 Å². The summed E-state index contributed by atoms with van der Waals surface area (Å²) in [5, 5.41) is 3.21. The van der Waals surface area contributed by atoms with Crippen molar-refractivity contribution >= 4 is 5.91 Å². The SMILES string of the molecule is COc1ccc(C(C)(C)C(=O)NC(CN)C2CCCCC2)cc1OC. The highest BCUT2D eigenvalue weighted by molar-refractivity contribution is 5.87. The highest BCUT2D eigenvalue weighted by atomic mass is 16.5. The molecule has 0 aliphatic heterocycles. The molecule has 2 rings (SSSR count). The minimum atomic E-state index is -0.679. The van der Waals surface area contributed by atoms with E-state index in [0.717, 1.165) is 18.4 Å². The van der Waals surface area contributed by atoms with Gasteiger partial charge in [0, 0.05) is 12.6 Å². The molecule has 1 aliphatic rings. The van der Waals surface area contributed by atoms with Crippen molar-refractivity contribution in [2.75, 3.05) is 20.8 Å². The summed E-state index contributed by atoms with van der Waals surface area (Å²) >= 11 is 0. The average Bonchev–Trinajstić information content (AvgIpc) is 2.65. The minimum Gasteiger partial charge on any atom is -0.493 e. The Morgan fingerprint density at radius 3 is 2.40 bits per heavy atom. The molecule has 0 saturated heterocycles. The molecule has 140 valence electrons.